The number of anilines is 2. The van der Waals surface area contributed by atoms with Crippen molar-refractivity contribution >= 4 is 44.6 Å². The third-order valence-electron chi connectivity index (χ3n) is 5.98. The third kappa shape index (κ3) is 7.05. The molecule has 0 aromatic heterocycles. The second-order valence-electron chi connectivity index (χ2n) is 9.98. The summed E-state index contributed by atoms with van der Waals surface area (Å²) in [5.41, 5.74) is 1.39. The molecule has 2 N–H and O–H groups in total. The molecule has 3 rings (SSSR count). The number of hydrogen-bond donors (Lipinski definition) is 2. The summed E-state index contributed by atoms with van der Waals surface area (Å²) in [5.74, 6) is 0.450. The fraction of sp³-hybridized carbons (Fsp3) is 0.440. The van der Waals surface area contributed by atoms with Gasteiger partial charge in [-0.1, -0.05) is 38.4 Å². The maximum absolute atomic E-state index is 12.6. The number of carbonyl (C=O) groups is 2. The van der Waals surface area contributed by atoms with Gasteiger partial charge >= 0.3 is 0 Å². The molecule has 0 heterocycles. The fourth-order valence-electron chi connectivity index (χ4n) is 4.93. The number of benzene rings is 2. The molecule has 1 fully saturated rings. The highest BCUT2D eigenvalue weighted by atomic mass is 35.5. The molecule has 33 heavy (non-hydrogen) atoms. The molecule has 178 valence electrons. The van der Waals surface area contributed by atoms with Crippen LogP contribution >= 0.6 is 11.6 Å². The van der Waals surface area contributed by atoms with Gasteiger partial charge in [-0.2, -0.15) is 0 Å². The van der Waals surface area contributed by atoms with E-state index in [1.807, 2.05) is 0 Å². The molecule has 8 heteroatoms. The van der Waals surface area contributed by atoms with Crippen LogP contribution in [0.1, 0.15) is 56.8 Å². The van der Waals surface area contributed by atoms with Crippen LogP contribution in [0.5, 0.6) is 0 Å². The summed E-state index contributed by atoms with van der Waals surface area (Å²) in [4.78, 5) is 25.2. The van der Waals surface area contributed by atoms with Crippen LogP contribution in [-0.4, -0.2) is 26.5 Å². The number of sulfone groups is 1. The Hall–Kier alpha value is -2.38. The van der Waals surface area contributed by atoms with Crippen LogP contribution in [0.2, 0.25) is 5.02 Å². The maximum Gasteiger partial charge on any atom is 0.255 e. The molecule has 6 nitrogen and oxygen atoms in total. The molecule has 1 aliphatic carbocycles. The minimum absolute atomic E-state index is 0.0460. The van der Waals surface area contributed by atoms with E-state index in [1.165, 1.54) is 30.7 Å². The first-order chi connectivity index (χ1) is 15.3. The summed E-state index contributed by atoms with van der Waals surface area (Å²) in [5, 5.41) is 5.86. The number of nitrogens with one attached hydrogen (secondary N) is 2. The van der Waals surface area contributed by atoms with Crippen molar-refractivity contribution in [2.24, 2.45) is 17.3 Å². The van der Waals surface area contributed by atoms with E-state index in [2.05, 4.69) is 31.4 Å². The van der Waals surface area contributed by atoms with E-state index in [9.17, 15) is 18.0 Å². The van der Waals surface area contributed by atoms with Gasteiger partial charge in [-0.05, 0) is 72.9 Å². The molecule has 0 aliphatic heterocycles. The Morgan fingerprint density at radius 2 is 1.82 bits per heavy atom. The molecule has 0 spiro atoms. The number of halogens is 1. The van der Waals surface area contributed by atoms with Crippen molar-refractivity contribution in [1.82, 2.24) is 0 Å². The smallest absolute Gasteiger partial charge is 0.255 e. The maximum atomic E-state index is 12.6. The van der Waals surface area contributed by atoms with Crippen molar-refractivity contribution in [1.29, 1.82) is 0 Å². The second-order valence-corrected chi connectivity index (χ2v) is 12.4. The highest BCUT2D eigenvalue weighted by Crippen LogP contribution is 2.42. The zero-order chi connectivity index (χ0) is 24.4. The van der Waals surface area contributed by atoms with Crippen LogP contribution in [0.15, 0.2) is 47.4 Å². The van der Waals surface area contributed by atoms with Gasteiger partial charge in [-0.3, -0.25) is 9.59 Å². The minimum atomic E-state index is -3.42. The van der Waals surface area contributed by atoms with Crippen LogP contribution in [0.4, 0.5) is 11.4 Å². The van der Waals surface area contributed by atoms with E-state index >= 15 is 0 Å². The summed E-state index contributed by atoms with van der Waals surface area (Å²) >= 11 is 6.33. The highest BCUT2D eigenvalue weighted by Gasteiger charge is 2.32. The van der Waals surface area contributed by atoms with E-state index in [1.54, 1.807) is 18.2 Å². The SMILES string of the molecule is CC1CC(CC(=O)Nc2ccc(NC(=O)c3cccc(S(C)(=O)=O)c3)c(Cl)c2)CC(C)(C)C1. The minimum Gasteiger partial charge on any atom is -0.326 e. The van der Waals surface area contributed by atoms with Gasteiger partial charge in [-0.15, -0.1) is 0 Å². The Bertz CT molecular complexity index is 1160. The van der Waals surface area contributed by atoms with Crippen LogP contribution in [0, 0.1) is 17.3 Å². The van der Waals surface area contributed by atoms with Gasteiger partial charge in [-0.25, -0.2) is 8.42 Å². The van der Waals surface area contributed by atoms with Gasteiger partial charge in [0.15, 0.2) is 9.84 Å². The molecule has 2 aromatic carbocycles. The van der Waals surface area contributed by atoms with E-state index in [0.29, 0.717) is 29.6 Å². The summed E-state index contributed by atoms with van der Waals surface area (Å²) < 4.78 is 23.5. The highest BCUT2D eigenvalue weighted by molar-refractivity contribution is 7.90. The molecule has 1 saturated carbocycles. The lowest BCUT2D eigenvalue weighted by atomic mass is 9.67. The zero-order valence-electron chi connectivity index (χ0n) is 19.4. The summed E-state index contributed by atoms with van der Waals surface area (Å²) in [6, 6.07) is 10.7. The van der Waals surface area contributed by atoms with Crippen molar-refractivity contribution in [3.8, 4) is 0 Å². The number of rotatable bonds is 6. The molecular weight excluding hydrogens is 460 g/mol. The topological polar surface area (TPSA) is 92.3 Å². The van der Waals surface area contributed by atoms with E-state index in [0.717, 1.165) is 19.1 Å². The molecule has 0 radical (unpaired) electrons. The third-order valence-corrected chi connectivity index (χ3v) is 7.40. The first-order valence-electron chi connectivity index (χ1n) is 11.0. The quantitative estimate of drug-likeness (QED) is 0.536. The van der Waals surface area contributed by atoms with Crippen molar-refractivity contribution in [3.05, 3.63) is 53.1 Å². The molecule has 2 aromatic rings. The fourth-order valence-corrected chi connectivity index (χ4v) is 5.82. The summed E-state index contributed by atoms with van der Waals surface area (Å²) in [7, 11) is -3.42. The largest absolute Gasteiger partial charge is 0.326 e. The Morgan fingerprint density at radius 3 is 2.45 bits per heavy atom. The Morgan fingerprint density at radius 1 is 1.09 bits per heavy atom. The lowest BCUT2D eigenvalue weighted by Gasteiger charge is -2.38. The Labute approximate surface area is 201 Å². The van der Waals surface area contributed by atoms with E-state index in [-0.39, 0.29) is 26.8 Å². The number of hydrogen-bond acceptors (Lipinski definition) is 4. The predicted octanol–water partition coefficient (Wildman–Crippen LogP) is 5.79. The van der Waals surface area contributed by atoms with Gasteiger partial charge < -0.3 is 10.6 Å². The first-order valence-corrected chi connectivity index (χ1v) is 13.3. The van der Waals surface area contributed by atoms with Crippen LogP contribution < -0.4 is 10.6 Å². The Kier molecular flexibility index (Phi) is 7.54. The van der Waals surface area contributed by atoms with Crippen molar-refractivity contribution in [2.45, 2.75) is 51.3 Å². The number of amides is 2. The predicted molar refractivity (Wildman–Crippen MR) is 132 cm³/mol. The van der Waals surface area contributed by atoms with Crippen molar-refractivity contribution in [3.63, 3.8) is 0 Å². The van der Waals surface area contributed by atoms with Gasteiger partial charge in [0.1, 0.15) is 0 Å². The van der Waals surface area contributed by atoms with Gasteiger partial charge in [0.25, 0.3) is 5.91 Å². The average Bonchev–Trinajstić information content (AvgIpc) is 2.67. The lowest BCUT2D eigenvalue weighted by molar-refractivity contribution is -0.117. The van der Waals surface area contributed by atoms with Crippen LogP contribution in [-0.2, 0) is 14.6 Å². The first kappa shape index (κ1) is 25.2. The monoisotopic (exact) mass is 490 g/mol. The van der Waals surface area contributed by atoms with Gasteiger partial charge in [0.05, 0.1) is 15.6 Å². The molecule has 2 unspecified atom stereocenters. The average molecular weight is 491 g/mol. The molecule has 2 amide bonds. The molecule has 1 aliphatic rings. The molecular formula is C25H31ClN2O4S. The Balaban J connectivity index is 1.63. The summed E-state index contributed by atoms with van der Waals surface area (Å²) in [6.07, 6.45) is 4.84. The normalized spacial score (nSPS) is 20.2. The van der Waals surface area contributed by atoms with Crippen LogP contribution in [0.3, 0.4) is 0 Å². The van der Waals surface area contributed by atoms with Crippen LogP contribution in [0.25, 0.3) is 0 Å². The molecule has 0 saturated heterocycles. The standard InChI is InChI=1S/C25H31ClN2O4S/c1-16-10-17(15-25(2,3)14-16)11-23(29)27-19-8-9-22(21(26)13-19)28-24(30)18-6-5-7-20(12-18)33(4,31)32/h5-9,12-13,16-17H,10-11,14-15H2,1-4H3,(H,27,29)(H,28,30). The van der Waals surface area contributed by atoms with Crippen molar-refractivity contribution < 1.29 is 18.0 Å². The van der Waals surface area contributed by atoms with Crippen molar-refractivity contribution in [2.75, 3.05) is 16.9 Å². The molecule has 2 atom stereocenters. The lowest BCUT2D eigenvalue weighted by Crippen LogP contribution is -2.30. The zero-order valence-corrected chi connectivity index (χ0v) is 21.0. The van der Waals surface area contributed by atoms with Gasteiger partial charge in [0, 0.05) is 23.9 Å². The van der Waals surface area contributed by atoms with E-state index < -0.39 is 15.7 Å². The summed E-state index contributed by atoms with van der Waals surface area (Å²) in [6.45, 7) is 6.77. The molecule has 0 bridgehead atoms. The van der Waals surface area contributed by atoms with E-state index in [4.69, 9.17) is 11.6 Å². The second kappa shape index (κ2) is 9.85. The van der Waals surface area contributed by atoms with Gasteiger partial charge in [0.2, 0.25) is 5.91 Å². The number of carbonyl (C=O) groups excluding carboxylic acids is 2.